The summed E-state index contributed by atoms with van der Waals surface area (Å²) in [6, 6.07) is 13.4. The predicted molar refractivity (Wildman–Crippen MR) is 118 cm³/mol. The number of fused-ring (bicyclic) bond motifs is 1. The van der Waals surface area contributed by atoms with Crippen LogP contribution in [-0.2, 0) is 20.0 Å². The Morgan fingerprint density at radius 2 is 1.88 bits per heavy atom. The van der Waals surface area contributed by atoms with Crippen molar-refractivity contribution in [3.05, 3.63) is 71.2 Å². The van der Waals surface area contributed by atoms with E-state index in [2.05, 4.69) is 15.3 Å². The smallest absolute Gasteiger partial charge is 0.268 e. The van der Waals surface area contributed by atoms with Gasteiger partial charge in [0.2, 0.25) is 0 Å². The predicted octanol–water partition coefficient (Wildman–Crippen LogP) is 3.87. The van der Waals surface area contributed by atoms with Crippen molar-refractivity contribution in [2.24, 2.45) is 7.05 Å². The summed E-state index contributed by atoms with van der Waals surface area (Å²) in [6.07, 6.45) is 0.649. The number of carbonyl (C=O) groups excluding carboxylic acids is 1. The van der Waals surface area contributed by atoms with Crippen LogP contribution in [0.3, 0.4) is 0 Å². The third-order valence-electron chi connectivity index (χ3n) is 5.67. The van der Waals surface area contributed by atoms with Crippen molar-refractivity contribution < 1.29 is 18.3 Å². The molecule has 2 aromatic carbocycles. The van der Waals surface area contributed by atoms with E-state index in [1.54, 1.807) is 52.0 Å². The molecule has 0 radical (unpaired) electrons. The summed E-state index contributed by atoms with van der Waals surface area (Å²) in [7, 11) is 1.85. The van der Waals surface area contributed by atoms with E-state index in [1.807, 2.05) is 14.0 Å². The first-order valence-electron chi connectivity index (χ1n) is 10.7. The molecule has 0 atom stereocenters. The Balaban J connectivity index is 1.42. The van der Waals surface area contributed by atoms with E-state index in [1.165, 1.54) is 6.07 Å². The number of benzene rings is 2. The summed E-state index contributed by atoms with van der Waals surface area (Å²) >= 11 is 0. The second kappa shape index (κ2) is 8.50. The third kappa shape index (κ3) is 3.86. The molecule has 1 aliphatic rings. The lowest BCUT2D eigenvalue weighted by Gasteiger charge is -2.27. The molecule has 0 N–H and O–H groups in total. The Hall–Kier alpha value is -4.01. The van der Waals surface area contributed by atoms with E-state index in [4.69, 9.17) is 9.15 Å². The highest BCUT2D eigenvalue weighted by atomic mass is 19.1. The fraction of sp³-hybridized carbons (Fsp3) is 0.250. The Bertz CT molecular complexity index is 1310. The van der Waals surface area contributed by atoms with Gasteiger partial charge < -0.3 is 14.1 Å². The molecule has 0 unspecified atom stereocenters. The van der Waals surface area contributed by atoms with E-state index >= 15 is 0 Å². The van der Waals surface area contributed by atoms with Crippen molar-refractivity contribution in [1.82, 2.24) is 24.9 Å². The molecule has 168 valence electrons. The number of aryl methyl sites for hydroxylation is 1. The van der Waals surface area contributed by atoms with Crippen LogP contribution in [0, 0.1) is 5.82 Å². The van der Waals surface area contributed by atoms with Crippen molar-refractivity contribution in [2.75, 3.05) is 13.2 Å². The van der Waals surface area contributed by atoms with Crippen molar-refractivity contribution in [3.63, 3.8) is 0 Å². The maximum absolute atomic E-state index is 14.1. The SMILES string of the molecule is CCOc1ccc(C(=O)N2CCc3c(c(-c4nnc(-c5ccccc5F)o4)nn3C)C2)cc1. The summed E-state index contributed by atoms with van der Waals surface area (Å²) in [4.78, 5) is 14.9. The molecule has 2 aromatic heterocycles. The van der Waals surface area contributed by atoms with Gasteiger partial charge in [-0.15, -0.1) is 10.2 Å². The van der Waals surface area contributed by atoms with Crippen LogP contribution in [0.1, 0.15) is 28.5 Å². The molecular formula is C24H22FN5O3. The Morgan fingerprint density at radius 1 is 1.12 bits per heavy atom. The quantitative estimate of drug-likeness (QED) is 0.462. The van der Waals surface area contributed by atoms with Gasteiger partial charge in [0.15, 0.2) is 5.69 Å². The zero-order chi connectivity index (χ0) is 22.9. The zero-order valence-electron chi connectivity index (χ0n) is 18.3. The average molecular weight is 447 g/mol. The van der Waals surface area contributed by atoms with E-state index in [-0.39, 0.29) is 23.3 Å². The van der Waals surface area contributed by atoms with Crippen molar-refractivity contribution in [2.45, 2.75) is 19.9 Å². The molecule has 0 fully saturated rings. The lowest BCUT2D eigenvalue weighted by atomic mass is 10.0. The minimum atomic E-state index is -0.442. The monoisotopic (exact) mass is 447 g/mol. The molecule has 4 aromatic rings. The standard InChI is InChI=1S/C24H22FN5O3/c1-3-32-16-10-8-15(9-11-16)24(31)30-13-12-20-18(14-30)21(28-29(20)2)23-27-26-22(33-23)17-6-4-5-7-19(17)25/h4-11H,3,12-14H2,1-2H3. The molecule has 5 rings (SSSR count). The van der Waals surface area contributed by atoms with Gasteiger partial charge in [-0.1, -0.05) is 12.1 Å². The lowest BCUT2D eigenvalue weighted by Crippen LogP contribution is -2.36. The number of amides is 1. The Kier molecular flexibility index (Phi) is 5.37. The van der Waals surface area contributed by atoms with Gasteiger partial charge in [-0.25, -0.2) is 4.39 Å². The van der Waals surface area contributed by atoms with E-state index in [9.17, 15) is 9.18 Å². The highest BCUT2D eigenvalue weighted by molar-refractivity contribution is 5.94. The van der Waals surface area contributed by atoms with Crippen LogP contribution in [-0.4, -0.2) is 43.9 Å². The molecule has 0 bridgehead atoms. The minimum absolute atomic E-state index is 0.0731. The number of hydrogen-bond acceptors (Lipinski definition) is 6. The first-order valence-corrected chi connectivity index (χ1v) is 10.7. The van der Waals surface area contributed by atoms with Crippen LogP contribution in [0.15, 0.2) is 52.9 Å². The second-order valence-electron chi connectivity index (χ2n) is 7.72. The van der Waals surface area contributed by atoms with Crippen LogP contribution >= 0.6 is 0 Å². The van der Waals surface area contributed by atoms with Crippen molar-refractivity contribution in [1.29, 1.82) is 0 Å². The van der Waals surface area contributed by atoms with Gasteiger partial charge in [-0.3, -0.25) is 9.48 Å². The molecular weight excluding hydrogens is 425 g/mol. The van der Waals surface area contributed by atoms with Gasteiger partial charge in [0.05, 0.1) is 18.7 Å². The van der Waals surface area contributed by atoms with E-state index in [0.29, 0.717) is 37.4 Å². The third-order valence-corrected chi connectivity index (χ3v) is 5.67. The molecule has 0 spiro atoms. The number of rotatable bonds is 5. The molecule has 8 nitrogen and oxygen atoms in total. The van der Waals surface area contributed by atoms with Crippen LogP contribution in [0.25, 0.3) is 23.0 Å². The second-order valence-corrected chi connectivity index (χ2v) is 7.72. The van der Waals surface area contributed by atoms with Crippen LogP contribution in [0.5, 0.6) is 5.75 Å². The first kappa shape index (κ1) is 20.9. The highest BCUT2D eigenvalue weighted by Gasteiger charge is 2.30. The molecule has 1 amide bonds. The number of nitrogens with zero attached hydrogens (tertiary/aromatic N) is 5. The van der Waals surface area contributed by atoms with E-state index < -0.39 is 5.82 Å². The number of carbonyl (C=O) groups is 1. The summed E-state index contributed by atoms with van der Waals surface area (Å²) in [5.74, 6) is 0.492. The largest absolute Gasteiger partial charge is 0.494 e. The number of halogens is 1. The van der Waals surface area contributed by atoms with E-state index in [0.717, 1.165) is 17.0 Å². The van der Waals surface area contributed by atoms with Gasteiger partial charge in [0.1, 0.15) is 11.6 Å². The topological polar surface area (TPSA) is 86.3 Å². The van der Waals surface area contributed by atoms with Gasteiger partial charge in [-0.2, -0.15) is 5.10 Å². The number of aromatic nitrogens is 4. The van der Waals surface area contributed by atoms with Crippen LogP contribution in [0.4, 0.5) is 4.39 Å². The molecule has 0 saturated heterocycles. The maximum atomic E-state index is 14.1. The Labute approximate surface area is 189 Å². The molecule has 0 saturated carbocycles. The van der Waals surface area contributed by atoms with Crippen molar-refractivity contribution in [3.8, 4) is 28.8 Å². The maximum Gasteiger partial charge on any atom is 0.268 e. The molecule has 0 aliphatic carbocycles. The summed E-state index contributed by atoms with van der Waals surface area (Å²) in [5.41, 5.74) is 3.19. The Morgan fingerprint density at radius 3 is 2.64 bits per heavy atom. The number of hydrogen-bond donors (Lipinski definition) is 0. The van der Waals surface area contributed by atoms with Crippen LogP contribution in [0.2, 0.25) is 0 Å². The zero-order valence-corrected chi connectivity index (χ0v) is 18.3. The van der Waals surface area contributed by atoms with Gasteiger partial charge in [0.25, 0.3) is 17.7 Å². The van der Waals surface area contributed by atoms with Gasteiger partial charge in [0, 0.05) is 36.8 Å². The fourth-order valence-electron chi connectivity index (χ4n) is 4.04. The van der Waals surface area contributed by atoms with Gasteiger partial charge >= 0.3 is 0 Å². The minimum Gasteiger partial charge on any atom is -0.494 e. The van der Waals surface area contributed by atoms with Crippen molar-refractivity contribution >= 4 is 5.91 Å². The molecule has 33 heavy (non-hydrogen) atoms. The summed E-state index contributed by atoms with van der Waals surface area (Å²) in [5, 5.41) is 12.7. The molecule has 1 aliphatic heterocycles. The first-order chi connectivity index (χ1) is 16.0. The summed E-state index contributed by atoms with van der Waals surface area (Å²) in [6.45, 7) is 3.42. The fourth-order valence-corrected chi connectivity index (χ4v) is 4.04. The highest BCUT2D eigenvalue weighted by Crippen LogP contribution is 2.32. The lowest BCUT2D eigenvalue weighted by molar-refractivity contribution is 0.0733. The molecule has 9 heteroatoms. The molecule has 3 heterocycles. The van der Waals surface area contributed by atoms with Gasteiger partial charge in [-0.05, 0) is 43.3 Å². The normalized spacial score (nSPS) is 13.1. The number of ether oxygens (including phenoxy) is 1. The van der Waals surface area contributed by atoms with Crippen LogP contribution < -0.4 is 4.74 Å². The average Bonchev–Trinajstić information content (AvgIpc) is 3.44. The summed E-state index contributed by atoms with van der Waals surface area (Å²) < 4.78 is 27.1.